The fraction of sp³-hybridized carbons (Fsp3) is 0.267. The number of fused-ring (bicyclic) bond motifs is 3. The molecule has 2 aliphatic heterocycles. The number of benzene rings is 3. The molecule has 0 atom stereocenters. The van der Waals surface area contributed by atoms with Crippen LogP contribution in [0.2, 0.25) is 0 Å². The van der Waals surface area contributed by atoms with E-state index in [0.717, 1.165) is 57.7 Å². The first kappa shape index (κ1) is 24.1. The molecule has 7 heteroatoms. The molecular formula is C30H28N2O3S2. The van der Waals surface area contributed by atoms with Gasteiger partial charge in [0.15, 0.2) is 5.43 Å². The Labute approximate surface area is 224 Å². The van der Waals surface area contributed by atoms with Crippen LogP contribution in [0.5, 0.6) is 0 Å². The van der Waals surface area contributed by atoms with Crippen molar-refractivity contribution >= 4 is 49.2 Å². The number of rotatable bonds is 7. The lowest BCUT2D eigenvalue weighted by Gasteiger charge is -2.38. The Kier molecular flexibility index (Phi) is 6.89. The quantitative estimate of drug-likeness (QED) is 0.125. The van der Waals surface area contributed by atoms with E-state index in [2.05, 4.69) is 21.9 Å². The first-order valence-electron chi connectivity index (χ1n) is 12.7. The predicted octanol–water partition coefficient (Wildman–Crippen LogP) is 6.12. The highest BCUT2D eigenvalue weighted by Crippen LogP contribution is 2.29. The van der Waals surface area contributed by atoms with E-state index in [0.29, 0.717) is 17.9 Å². The molecule has 4 aromatic rings. The average Bonchev–Trinajstić information content (AvgIpc) is 3.42. The summed E-state index contributed by atoms with van der Waals surface area (Å²) in [7, 11) is 0. The molecule has 2 aliphatic rings. The number of thioether (sulfide) groups is 1. The van der Waals surface area contributed by atoms with E-state index in [4.69, 9.17) is 4.74 Å². The Morgan fingerprint density at radius 2 is 1.78 bits per heavy atom. The molecule has 0 spiro atoms. The zero-order valence-corrected chi connectivity index (χ0v) is 22.2. The predicted molar refractivity (Wildman–Crippen MR) is 152 cm³/mol. The lowest BCUT2D eigenvalue weighted by molar-refractivity contribution is 0.0530. The molecule has 0 aliphatic carbocycles. The van der Waals surface area contributed by atoms with Crippen molar-refractivity contribution in [1.29, 1.82) is 0 Å². The third-order valence-corrected chi connectivity index (χ3v) is 9.02. The maximum atomic E-state index is 12.8. The van der Waals surface area contributed by atoms with Crippen LogP contribution in [0.15, 0.2) is 88.3 Å². The highest BCUT2D eigenvalue weighted by Gasteiger charge is 2.24. The van der Waals surface area contributed by atoms with Crippen LogP contribution in [0, 0.1) is 0 Å². The van der Waals surface area contributed by atoms with Crippen LogP contribution in [-0.4, -0.2) is 47.8 Å². The molecule has 37 heavy (non-hydrogen) atoms. The molecule has 0 amide bonds. The standard InChI is InChI=1S/C30H28N2O3S2/c33-29-24-5-1-2-6-26(24)37-27-19-23(12-13-25(27)29)36-18-17-35-30(34)22-10-8-21(9-11-22)20-32-16-4-15-31-14-3-7-28(31)32/h1-2,5-13,19H,3-4,14-18,20H2. The zero-order chi connectivity index (χ0) is 25.2. The molecule has 188 valence electrons. The van der Waals surface area contributed by atoms with Gasteiger partial charge in [0, 0.05) is 57.0 Å². The first-order chi connectivity index (χ1) is 18.2. The number of nitrogens with zero attached hydrogens (tertiary/aromatic N) is 2. The van der Waals surface area contributed by atoms with Gasteiger partial charge < -0.3 is 14.5 Å². The summed E-state index contributed by atoms with van der Waals surface area (Å²) in [6.07, 6.45) is 4.66. The van der Waals surface area contributed by atoms with E-state index in [9.17, 15) is 9.59 Å². The second-order valence-corrected chi connectivity index (χ2v) is 11.6. The van der Waals surface area contributed by atoms with Gasteiger partial charge in [0.25, 0.3) is 0 Å². The van der Waals surface area contributed by atoms with Crippen LogP contribution < -0.4 is 5.43 Å². The Morgan fingerprint density at radius 1 is 0.946 bits per heavy atom. The third-order valence-electron chi connectivity index (χ3n) is 6.93. The summed E-state index contributed by atoms with van der Waals surface area (Å²) in [4.78, 5) is 31.3. The van der Waals surface area contributed by atoms with Crippen molar-refractivity contribution in [2.75, 3.05) is 32.0 Å². The van der Waals surface area contributed by atoms with Crippen LogP contribution in [0.25, 0.3) is 20.2 Å². The SMILES string of the molecule is O=C(OCCSc1ccc2c(=O)c3ccccc3sc2c1)c1ccc(CN2CCCN3CCC=C32)cc1. The molecule has 5 nitrogen and oxygen atoms in total. The zero-order valence-electron chi connectivity index (χ0n) is 20.5. The molecule has 0 bridgehead atoms. The molecule has 3 aromatic carbocycles. The molecule has 0 radical (unpaired) electrons. The minimum Gasteiger partial charge on any atom is -0.461 e. The molecule has 1 fully saturated rings. The van der Waals surface area contributed by atoms with E-state index in [1.165, 1.54) is 17.8 Å². The van der Waals surface area contributed by atoms with Crippen LogP contribution in [-0.2, 0) is 11.3 Å². The van der Waals surface area contributed by atoms with Gasteiger partial charge in [-0.1, -0.05) is 24.3 Å². The summed E-state index contributed by atoms with van der Waals surface area (Å²) >= 11 is 3.26. The Balaban J connectivity index is 1.02. The molecule has 1 saturated heterocycles. The van der Waals surface area contributed by atoms with E-state index >= 15 is 0 Å². The van der Waals surface area contributed by atoms with Gasteiger partial charge in [-0.05, 0) is 66.9 Å². The molecule has 0 unspecified atom stereocenters. The molecule has 0 saturated carbocycles. The Morgan fingerprint density at radius 3 is 2.68 bits per heavy atom. The number of ether oxygens (including phenoxy) is 1. The average molecular weight is 529 g/mol. The molecule has 1 aromatic heterocycles. The molecule has 3 heterocycles. The van der Waals surface area contributed by atoms with Crippen molar-refractivity contribution in [3.8, 4) is 0 Å². The van der Waals surface area contributed by atoms with Crippen LogP contribution in [0.3, 0.4) is 0 Å². The third kappa shape index (κ3) is 5.11. The second-order valence-electron chi connectivity index (χ2n) is 9.38. The van der Waals surface area contributed by atoms with E-state index in [1.807, 2.05) is 60.7 Å². The van der Waals surface area contributed by atoms with Gasteiger partial charge in [-0.3, -0.25) is 4.79 Å². The minimum atomic E-state index is -0.294. The summed E-state index contributed by atoms with van der Waals surface area (Å²) in [6, 6.07) is 21.5. The van der Waals surface area contributed by atoms with Gasteiger partial charge >= 0.3 is 5.97 Å². The van der Waals surface area contributed by atoms with Crippen LogP contribution >= 0.6 is 23.1 Å². The minimum absolute atomic E-state index is 0.0781. The number of carbonyl (C=O) groups excluding carboxylic acids is 1. The summed E-state index contributed by atoms with van der Waals surface area (Å²) in [5, 5.41) is 1.52. The highest BCUT2D eigenvalue weighted by atomic mass is 32.2. The van der Waals surface area contributed by atoms with Crippen LogP contribution in [0.1, 0.15) is 28.8 Å². The van der Waals surface area contributed by atoms with Crippen molar-refractivity contribution < 1.29 is 9.53 Å². The van der Waals surface area contributed by atoms with Gasteiger partial charge in [0.05, 0.1) is 5.56 Å². The van der Waals surface area contributed by atoms with E-state index < -0.39 is 0 Å². The number of hydrogen-bond acceptors (Lipinski definition) is 7. The number of esters is 1. The summed E-state index contributed by atoms with van der Waals surface area (Å²) < 4.78 is 7.50. The summed E-state index contributed by atoms with van der Waals surface area (Å²) in [5.41, 5.74) is 1.86. The maximum Gasteiger partial charge on any atom is 0.338 e. The second kappa shape index (κ2) is 10.6. The smallest absolute Gasteiger partial charge is 0.338 e. The fourth-order valence-electron chi connectivity index (χ4n) is 5.09. The van der Waals surface area contributed by atoms with Crippen molar-refractivity contribution in [1.82, 2.24) is 9.80 Å². The Hall–Kier alpha value is -3.29. The Bertz CT molecular complexity index is 1540. The fourth-order valence-corrected chi connectivity index (χ4v) is 7.04. The normalized spacial score (nSPS) is 15.2. The molecule has 0 N–H and O–H groups in total. The highest BCUT2D eigenvalue weighted by molar-refractivity contribution is 7.99. The summed E-state index contributed by atoms with van der Waals surface area (Å²) in [5.74, 6) is 1.72. The largest absolute Gasteiger partial charge is 0.461 e. The first-order valence-corrected chi connectivity index (χ1v) is 14.5. The van der Waals surface area contributed by atoms with Gasteiger partial charge in [-0.25, -0.2) is 4.79 Å². The number of carbonyl (C=O) groups is 1. The van der Waals surface area contributed by atoms with Crippen molar-refractivity contribution in [3.63, 3.8) is 0 Å². The lowest BCUT2D eigenvalue weighted by Crippen LogP contribution is -2.39. The molecular weight excluding hydrogens is 500 g/mol. The van der Waals surface area contributed by atoms with E-state index in [-0.39, 0.29) is 11.4 Å². The van der Waals surface area contributed by atoms with Gasteiger partial charge in [-0.2, -0.15) is 0 Å². The van der Waals surface area contributed by atoms with Crippen molar-refractivity contribution in [2.45, 2.75) is 24.3 Å². The number of hydrogen-bond donors (Lipinski definition) is 0. The summed E-state index contributed by atoms with van der Waals surface area (Å²) in [6.45, 7) is 4.56. The van der Waals surface area contributed by atoms with Crippen molar-refractivity contribution in [3.05, 3.63) is 100.0 Å². The van der Waals surface area contributed by atoms with Gasteiger partial charge in [0.2, 0.25) is 0 Å². The topological polar surface area (TPSA) is 49.9 Å². The molecule has 6 rings (SSSR count). The van der Waals surface area contributed by atoms with Gasteiger partial charge in [0.1, 0.15) is 12.4 Å². The van der Waals surface area contributed by atoms with Crippen LogP contribution in [0.4, 0.5) is 0 Å². The van der Waals surface area contributed by atoms with Crippen molar-refractivity contribution in [2.24, 2.45) is 0 Å². The maximum absolute atomic E-state index is 12.8. The lowest BCUT2D eigenvalue weighted by atomic mass is 10.1. The van der Waals surface area contributed by atoms with E-state index in [1.54, 1.807) is 23.1 Å². The van der Waals surface area contributed by atoms with Gasteiger partial charge in [-0.15, -0.1) is 23.1 Å². The monoisotopic (exact) mass is 528 g/mol.